The number of nitrogens with one attached hydrogen (secondary N) is 2. The molecule has 1 aliphatic carbocycles. The fourth-order valence-corrected chi connectivity index (χ4v) is 3.46. The molecule has 2 N–H and O–H groups in total. The lowest BCUT2D eigenvalue weighted by Crippen LogP contribution is -2.54. The Hall–Kier alpha value is -2.77. The average Bonchev–Trinajstić information content (AvgIpc) is 2.66. The second-order valence-corrected chi connectivity index (χ2v) is 8.76. The van der Waals surface area contributed by atoms with Crippen LogP contribution in [0.2, 0.25) is 0 Å². The Morgan fingerprint density at radius 1 is 1.07 bits per heavy atom. The molecule has 1 aromatic carbocycles. The minimum atomic E-state index is -0.678. The molecule has 0 saturated heterocycles. The first-order valence-electron chi connectivity index (χ1n) is 10.5. The highest BCUT2D eigenvalue weighted by molar-refractivity contribution is 5.88. The molecule has 0 heterocycles. The normalized spacial score (nSPS) is 14.6. The maximum Gasteiger partial charge on any atom is 0.426 e. The van der Waals surface area contributed by atoms with E-state index in [1.807, 2.05) is 12.1 Å². The number of carbonyl (C=O) groups is 3. The van der Waals surface area contributed by atoms with Gasteiger partial charge in [0, 0.05) is 25.7 Å². The van der Waals surface area contributed by atoms with Crippen molar-refractivity contribution in [2.45, 2.75) is 78.0 Å². The third kappa shape index (κ3) is 7.57. The van der Waals surface area contributed by atoms with Gasteiger partial charge in [0.15, 0.2) is 0 Å². The van der Waals surface area contributed by atoms with Crippen LogP contribution >= 0.6 is 0 Å². The highest BCUT2D eigenvalue weighted by atomic mass is 16.6. The zero-order chi connectivity index (χ0) is 22.3. The van der Waals surface area contributed by atoms with Crippen molar-refractivity contribution in [3.63, 3.8) is 0 Å². The van der Waals surface area contributed by atoms with Crippen LogP contribution in [0.3, 0.4) is 0 Å². The summed E-state index contributed by atoms with van der Waals surface area (Å²) < 4.78 is 5.33. The molecule has 0 bridgehead atoms. The predicted octanol–water partition coefficient (Wildman–Crippen LogP) is 4.27. The molecule has 1 fully saturated rings. The van der Waals surface area contributed by atoms with Crippen LogP contribution in [-0.2, 0) is 16.1 Å². The van der Waals surface area contributed by atoms with Gasteiger partial charge in [0.2, 0.25) is 5.91 Å². The maximum atomic E-state index is 13.2. The summed E-state index contributed by atoms with van der Waals surface area (Å²) in [6.07, 6.45) is 4.66. The molecule has 0 aromatic heterocycles. The van der Waals surface area contributed by atoms with E-state index in [0.717, 1.165) is 31.2 Å². The molecule has 0 aliphatic heterocycles. The fourth-order valence-electron chi connectivity index (χ4n) is 3.46. The molecular weight excluding hydrogens is 384 g/mol. The van der Waals surface area contributed by atoms with E-state index >= 15 is 0 Å². The second-order valence-electron chi connectivity index (χ2n) is 8.76. The quantitative estimate of drug-likeness (QED) is 0.715. The molecule has 1 saturated carbocycles. The molecule has 0 spiro atoms. The van der Waals surface area contributed by atoms with Crippen LogP contribution in [-0.4, -0.2) is 46.6 Å². The Kier molecular flexibility index (Phi) is 8.08. The number of hydrazine groups is 1. The number of ether oxygens (including phenoxy) is 1. The van der Waals surface area contributed by atoms with Gasteiger partial charge in [-0.25, -0.2) is 20.0 Å². The molecule has 8 nitrogen and oxygen atoms in total. The van der Waals surface area contributed by atoms with Crippen molar-refractivity contribution in [3.8, 4) is 0 Å². The Morgan fingerprint density at radius 2 is 1.67 bits per heavy atom. The van der Waals surface area contributed by atoms with Gasteiger partial charge >= 0.3 is 12.1 Å². The Labute approximate surface area is 178 Å². The van der Waals surface area contributed by atoms with Gasteiger partial charge in [-0.1, -0.05) is 31.4 Å². The fraction of sp³-hybridized carbons (Fsp3) is 0.591. The summed E-state index contributed by atoms with van der Waals surface area (Å²) >= 11 is 0. The number of carbonyl (C=O) groups excluding carboxylic acids is 3. The predicted molar refractivity (Wildman–Crippen MR) is 116 cm³/mol. The van der Waals surface area contributed by atoms with E-state index in [0.29, 0.717) is 5.69 Å². The zero-order valence-electron chi connectivity index (χ0n) is 18.7. The molecular formula is C22H34N4O4. The lowest BCUT2D eigenvalue weighted by molar-refractivity contribution is -0.114. The van der Waals surface area contributed by atoms with Crippen LogP contribution in [0, 0.1) is 0 Å². The number of benzene rings is 1. The van der Waals surface area contributed by atoms with E-state index in [4.69, 9.17) is 4.74 Å². The van der Waals surface area contributed by atoms with Gasteiger partial charge in [0.05, 0.1) is 6.54 Å². The van der Waals surface area contributed by atoms with Crippen LogP contribution in [0.15, 0.2) is 24.3 Å². The summed E-state index contributed by atoms with van der Waals surface area (Å²) in [5.41, 5.74) is 3.41. The highest BCUT2D eigenvalue weighted by Crippen LogP contribution is 2.23. The van der Waals surface area contributed by atoms with Gasteiger partial charge in [0.25, 0.3) is 0 Å². The largest absolute Gasteiger partial charge is 0.443 e. The van der Waals surface area contributed by atoms with Crippen LogP contribution < -0.4 is 10.7 Å². The highest BCUT2D eigenvalue weighted by Gasteiger charge is 2.28. The van der Waals surface area contributed by atoms with Gasteiger partial charge in [0.1, 0.15) is 5.60 Å². The summed E-state index contributed by atoms with van der Waals surface area (Å²) in [6.45, 7) is 6.94. The third-order valence-electron chi connectivity index (χ3n) is 4.90. The van der Waals surface area contributed by atoms with Gasteiger partial charge in [-0.2, -0.15) is 0 Å². The molecule has 30 heavy (non-hydrogen) atoms. The number of hydrogen-bond acceptors (Lipinski definition) is 4. The third-order valence-corrected chi connectivity index (χ3v) is 4.90. The average molecular weight is 419 g/mol. The molecule has 2 rings (SSSR count). The van der Waals surface area contributed by atoms with Crippen LogP contribution in [0.5, 0.6) is 0 Å². The lowest BCUT2D eigenvalue weighted by Gasteiger charge is -2.35. The SMILES string of the molecule is CC(=O)Nc1ccc(CN(NC(=O)OC(C)(C)C)C(=O)N(C)C2CCCCC2)cc1. The first-order chi connectivity index (χ1) is 14.0. The van der Waals surface area contributed by atoms with E-state index < -0.39 is 11.7 Å². The van der Waals surface area contributed by atoms with Crippen LogP contribution in [0.1, 0.15) is 65.4 Å². The van der Waals surface area contributed by atoms with Gasteiger partial charge in [-0.05, 0) is 51.3 Å². The lowest BCUT2D eigenvalue weighted by atomic mass is 9.95. The summed E-state index contributed by atoms with van der Waals surface area (Å²) in [4.78, 5) is 38.4. The van der Waals surface area contributed by atoms with Crippen molar-refractivity contribution in [2.24, 2.45) is 0 Å². The van der Waals surface area contributed by atoms with Crippen LogP contribution in [0.25, 0.3) is 0 Å². The molecule has 8 heteroatoms. The van der Waals surface area contributed by atoms with Crippen molar-refractivity contribution in [3.05, 3.63) is 29.8 Å². The summed E-state index contributed by atoms with van der Waals surface area (Å²) in [7, 11) is 1.78. The summed E-state index contributed by atoms with van der Waals surface area (Å²) in [5.74, 6) is -0.153. The number of urea groups is 1. The van der Waals surface area contributed by atoms with Crippen molar-refractivity contribution in [1.29, 1.82) is 0 Å². The van der Waals surface area contributed by atoms with Gasteiger partial charge in [-0.15, -0.1) is 0 Å². The number of amides is 4. The molecule has 0 unspecified atom stereocenters. The maximum absolute atomic E-state index is 13.2. The number of rotatable bonds is 4. The van der Waals surface area contributed by atoms with E-state index in [1.165, 1.54) is 18.4 Å². The summed E-state index contributed by atoms with van der Waals surface area (Å²) in [6, 6.07) is 7.02. The first kappa shape index (κ1) is 23.5. The molecule has 0 radical (unpaired) electrons. The van der Waals surface area contributed by atoms with E-state index in [9.17, 15) is 14.4 Å². The molecule has 1 aromatic rings. The van der Waals surface area contributed by atoms with Crippen molar-refractivity contribution in [1.82, 2.24) is 15.3 Å². The monoisotopic (exact) mass is 418 g/mol. The topological polar surface area (TPSA) is 91.0 Å². The van der Waals surface area contributed by atoms with Crippen molar-refractivity contribution in [2.75, 3.05) is 12.4 Å². The van der Waals surface area contributed by atoms with Crippen molar-refractivity contribution < 1.29 is 19.1 Å². The Balaban J connectivity index is 2.14. The van der Waals surface area contributed by atoms with Gasteiger partial charge in [-0.3, -0.25) is 4.79 Å². The standard InChI is InChI=1S/C22H34N4O4/c1-16(27)23-18-13-11-17(12-14-18)15-26(24-20(28)30-22(2,3)4)21(29)25(5)19-9-7-6-8-10-19/h11-14,19H,6-10,15H2,1-5H3,(H,23,27)(H,24,28). The Bertz CT molecular complexity index is 736. The first-order valence-corrected chi connectivity index (χ1v) is 10.5. The van der Waals surface area contributed by atoms with E-state index in [2.05, 4.69) is 10.7 Å². The van der Waals surface area contributed by atoms with Crippen molar-refractivity contribution >= 4 is 23.7 Å². The minimum absolute atomic E-state index is 0.153. The second kappa shape index (κ2) is 10.3. The Morgan fingerprint density at radius 3 is 2.20 bits per heavy atom. The summed E-state index contributed by atoms with van der Waals surface area (Å²) in [5, 5.41) is 4.00. The zero-order valence-corrected chi connectivity index (χ0v) is 18.7. The molecule has 166 valence electrons. The van der Waals surface area contributed by atoms with Crippen LogP contribution in [0.4, 0.5) is 15.3 Å². The van der Waals surface area contributed by atoms with E-state index in [-0.39, 0.29) is 24.5 Å². The molecule has 4 amide bonds. The minimum Gasteiger partial charge on any atom is -0.443 e. The molecule has 0 atom stereocenters. The number of anilines is 1. The number of hydrogen-bond donors (Lipinski definition) is 2. The molecule has 1 aliphatic rings. The van der Waals surface area contributed by atoms with E-state index in [1.54, 1.807) is 44.9 Å². The van der Waals surface area contributed by atoms with Gasteiger partial charge < -0.3 is 15.0 Å². The number of nitrogens with zero attached hydrogens (tertiary/aromatic N) is 2. The smallest absolute Gasteiger partial charge is 0.426 e.